The third kappa shape index (κ3) is 4.80. The zero-order valence-corrected chi connectivity index (χ0v) is 16.1. The van der Waals surface area contributed by atoms with Crippen molar-refractivity contribution < 1.29 is 9.18 Å². The van der Waals surface area contributed by atoms with Crippen LogP contribution in [-0.4, -0.2) is 42.0 Å². The van der Waals surface area contributed by atoms with E-state index in [4.69, 9.17) is 34.8 Å². The molecule has 1 fully saturated rings. The van der Waals surface area contributed by atoms with Crippen molar-refractivity contribution in [3.8, 4) is 0 Å². The summed E-state index contributed by atoms with van der Waals surface area (Å²) in [5.41, 5.74) is 1.12. The molecular formula is C18H17Cl3FN3O. The smallest absolute Gasteiger partial charge is 0.322 e. The van der Waals surface area contributed by atoms with Crippen molar-refractivity contribution in [1.29, 1.82) is 0 Å². The van der Waals surface area contributed by atoms with Crippen LogP contribution in [0.3, 0.4) is 0 Å². The highest BCUT2D eigenvalue weighted by Crippen LogP contribution is 2.23. The predicted octanol–water partition coefficient (Wildman–Crippen LogP) is 5.14. The van der Waals surface area contributed by atoms with Crippen molar-refractivity contribution in [3.63, 3.8) is 0 Å². The van der Waals surface area contributed by atoms with Gasteiger partial charge in [-0.25, -0.2) is 9.18 Å². The van der Waals surface area contributed by atoms with E-state index in [-0.39, 0.29) is 16.7 Å². The number of hydrogen-bond acceptors (Lipinski definition) is 2. The van der Waals surface area contributed by atoms with Gasteiger partial charge in [-0.15, -0.1) is 0 Å². The van der Waals surface area contributed by atoms with Crippen molar-refractivity contribution in [2.45, 2.75) is 6.54 Å². The molecule has 0 aromatic heterocycles. The summed E-state index contributed by atoms with van der Waals surface area (Å²) in [5.74, 6) is -0.554. The molecule has 26 heavy (non-hydrogen) atoms. The normalized spacial score (nSPS) is 15.2. The lowest BCUT2D eigenvalue weighted by atomic mass is 10.2. The van der Waals surface area contributed by atoms with Crippen molar-refractivity contribution in [3.05, 3.63) is 62.8 Å². The summed E-state index contributed by atoms with van der Waals surface area (Å²) < 4.78 is 13.8. The number of urea groups is 1. The number of carbonyl (C=O) groups excluding carboxylic acids is 1. The lowest BCUT2D eigenvalue weighted by Gasteiger charge is -2.34. The first kappa shape index (κ1) is 19.2. The van der Waals surface area contributed by atoms with Crippen LogP contribution in [-0.2, 0) is 6.54 Å². The monoisotopic (exact) mass is 415 g/mol. The van der Waals surface area contributed by atoms with Gasteiger partial charge in [0.15, 0.2) is 0 Å². The van der Waals surface area contributed by atoms with Crippen LogP contribution >= 0.6 is 34.8 Å². The fourth-order valence-corrected chi connectivity index (χ4v) is 3.41. The third-order valence-electron chi connectivity index (χ3n) is 4.24. The van der Waals surface area contributed by atoms with Gasteiger partial charge in [-0.05, 0) is 35.9 Å². The number of anilines is 1. The molecule has 0 radical (unpaired) electrons. The van der Waals surface area contributed by atoms with Gasteiger partial charge in [-0.2, -0.15) is 0 Å². The van der Waals surface area contributed by atoms with Gasteiger partial charge in [0.05, 0.1) is 5.69 Å². The molecule has 0 spiro atoms. The van der Waals surface area contributed by atoms with Crippen LogP contribution in [0.4, 0.5) is 14.9 Å². The first-order valence-electron chi connectivity index (χ1n) is 8.09. The molecular weight excluding hydrogens is 400 g/mol. The second-order valence-electron chi connectivity index (χ2n) is 6.05. The molecule has 0 atom stereocenters. The van der Waals surface area contributed by atoms with Gasteiger partial charge in [-0.1, -0.05) is 40.9 Å². The van der Waals surface area contributed by atoms with E-state index in [9.17, 15) is 9.18 Å². The number of piperazine rings is 1. The highest BCUT2D eigenvalue weighted by Gasteiger charge is 2.22. The zero-order valence-electron chi connectivity index (χ0n) is 13.8. The molecule has 1 saturated heterocycles. The van der Waals surface area contributed by atoms with Gasteiger partial charge >= 0.3 is 6.03 Å². The van der Waals surface area contributed by atoms with Crippen LogP contribution in [0, 0.1) is 5.82 Å². The summed E-state index contributed by atoms with van der Waals surface area (Å²) in [6.07, 6.45) is 0. The quantitative estimate of drug-likeness (QED) is 0.752. The molecule has 1 heterocycles. The maximum Gasteiger partial charge on any atom is 0.322 e. The highest BCUT2D eigenvalue weighted by atomic mass is 35.5. The van der Waals surface area contributed by atoms with Crippen LogP contribution in [0.25, 0.3) is 0 Å². The van der Waals surface area contributed by atoms with Gasteiger partial charge in [-0.3, -0.25) is 4.90 Å². The number of halogens is 4. The predicted molar refractivity (Wildman–Crippen MR) is 104 cm³/mol. The van der Waals surface area contributed by atoms with E-state index < -0.39 is 5.82 Å². The Balaban J connectivity index is 1.53. The Kier molecular flexibility index (Phi) is 6.24. The van der Waals surface area contributed by atoms with Gasteiger partial charge < -0.3 is 10.2 Å². The molecule has 0 aliphatic carbocycles. The number of hydrogen-bond donors (Lipinski definition) is 1. The van der Waals surface area contributed by atoms with E-state index in [1.165, 1.54) is 18.2 Å². The number of amides is 2. The van der Waals surface area contributed by atoms with Gasteiger partial charge in [0.25, 0.3) is 0 Å². The van der Waals surface area contributed by atoms with E-state index in [1.54, 1.807) is 11.0 Å². The molecule has 2 aromatic rings. The van der Waals surface area contributed by atoms with E-state index in [1.807, 2.05) is 12.1 Å². The molecule has 138 valence electrons. The minimum atomic E-state index is -0.554. The minimum Gasteiger partial charge on any atom is -0.322 e. The number of nitrogens with one attached hydrogen (secondary N) is 1. The van der Waals surface area contributed by atoms with Gasteiger partial charge in [0.2, 0.25) is 0 Å². The maximum atomic E-state index is 13.8. The summed E-state index contributed by atoms with van der Waals surface area (Å²) in [4.78, 5) is 16.2. The van der Waals surface area contributed by atoms with Crippen molar-refractivity contribution in [1.82, 2.24) is 9.80 Å². The Morgan fingerprint density at radius 1 is 1.00 bits per heavy atom. The van der Waals surface area contributed by atoms with Crippen LogP contribution in [0.5, 0.6) is 0 Å². The molecule has 0 bridgehead atoms. The molecule has 3 rings (SSSR count). The topological polar surface area (TPSA) is 35.6 Å². The molecule has 1 aliphatic rings. The van der Waals surface area contributed by atoms with E-state index in [2.05, 4.69) is 10.2 Å². The average Bonchev–Trinajstić information content (AvgIpc) is 2.60. The molecule has 4 nitrogen and oxygen atoms in total. The number of nitrogens with zero attached hydrogens (tertiary/aromatic N) is 2. The Morgan fingerprint density at radius 3 is 2.31 bits per heavy atom. The molecule has 8 heteroatoms. The lowest BCUT2D eigenvalue weighted by Crippen LogP contribution is -2.49. The van der Waals surface area contributed by atoms with Crippen LogP contribution in [0.1, 0.15) is 5.56 Å². The summed E-state index contributed by atoms with van der Waals surface area (Å²) in [6, 6.07) is 9.28. The fraction of sp³-hybridized carbons (Fsp3) is 0.278. The standard InChI is InChI=1S/C18H17Cl3FN3O/c19-13-2-1-12(15(21)9-13)11-24-5-7-25(8-6-24)18(26)23-17-4-3-14(20)10-16(17)22/h1-4,9-10H,5-8,11H2,(H,23,26). The first-order chi connectivity index (χ1) is 12.4. The largest absolute Gasteiger partial charge is 0.322 e. The summed E-state index contributed by atoms with van der Waals surface area (Å²) in [6.45, 7) is 3.20. The van der Waals surface area contributed by atoms with Crippen LogP contribution < -0.4 is 5.32 Å². The fourth-order valence-electron chi connectivity index (χ4n) is 2.79. The molecule has 1 aliphatic heterocycles. The zero-order chi connectivity index (χ0) is 18.7. The molecule has 0 saturated carbocycles. The molecule has 2 aromatic carbocycles. The van der Waals surface area contributed by atoms with Gasteiger partial charge in [0, 0.05) is 47.8 Å². The molecule has 2 amide bonds. The Hall–Kier alpha value is -1.53. The molecule has 1 N–H and O–H groups in total. The van der Waals surface area contributed by atoms with Gasteiger partial charge in [0.1, 0.15) is 5.82 Å². The number of carbonyl (C=O) groups is 1. The van der Waals surface area contributed by atoms with Crippen molar-refractivity contribution in [2.24, 2.45) is 0 Å². The lowest BCUT2D eigenvalue weighted by molar-refractivity contribution is 0.143. The van der Waals surface area contributed by atoms with E-state index in [0.29, 0.717) is 42.8 Å². The van der Waals surface area contributed by atoms with E-state index in [0.717, 1.165) is 5.56 Å². The van der Waals surface area contributed by atoms with Crippen molar-refractivity contribution in [2.75, 3.05) is 31.5 Å². The summed E-state index contributed by atoms with van der Waals surface area (Å²) >= 11 is 17.8. The first-order valence-corrected chi connectivity index (χ1v) is 9.23. The van der Waals surface area contributed by atoms with Crippen molar-refractivity contribution >= 4 is 46.5 Å². The Morgan fingerprint density at radius 2 is 1.65 bits per heavy atom. The molecule has 0 unspecified atom stereocenters. The maximum absolute atomic E-state index is 13.8. The highest BCUT2D eigenvalue weighted by molar-refractivity contribution is 6.35. The second-order valence-corrected chi connectivity index (χ2v) is 7.33. The van der Waals surface area contributed by atoms with Crippen LogP contribution in [0.15, 0.2) is 36.4 Å². The Bertz CT molecular complexity index is 810. The summed E-state index contributed by atoms with van der Waals surface area (Å²) in [7, 11) is 0. The Labute approximate surface area is 166 Å². The van der Waals surface area contributed by atoms with Crippen LogP contribution in [0.2, 0.25) is 15.1 Å². The number of rotatable bonds is 3. The SMILES string of the molecule is O=C(Nc1ccc(Cl)cc1F)N1CCN(Cc2ccc(Cl)cc2Cl)CC1. The third-order valence-corrected chi connectivity index (χ3v) is 5.06. The number of benzene rings is 2. The van der Waals surface area contributed by atoms with E-state index >= 15 is 0 Å². The minimum absolute atomic E-state index is 0.120. The second kappa shape index (κ2) is 8.44. The summed E-state index contributed by atoms with van der Waals surface area (Å²) in [5, 5.41) is 4.11. The average molecular weight is 417 g/mol.